The number of hydrogen-bond donors (Lipinski definition) is 0. The number of rotatable bonds is 5. The van der Waals surface area contributed by atoms with Gasteiger partial charge in [-0.1, -0.05) is 66.2 Å². The van der Waals surface area contributed by atoms with E-state index in [1.807, 2.05) is 54.6 Å². The molecule has 0 atom stereocenters. The molecule has 0 bridgehead atoms. The third kappa shape index (κ3) is 3.47. The standard InChI is InChI=1S/C25H20ClFN2O/c26-23-21-8-4-5-9-22(21)28-24(29-23)25(18-10-12-19(27)13-11-18)14-20(15-25)30-16-17-6-2-1-3-7-17/h1-13,20H,14-16H2. The third-order valence-electron chi connectivity index (χ3n) is 5.86. The number of halogens is 2. The van der Waals surface area contributed by atoms with Crippen LogP contribution in [0.1, 0.15) is 29.8 Å². The maximum Gasteiger partial charge on any atom is 0.141 e. The molecular formula is C25H20ClFN2O. The minimum atomic E-state index is -0.442. The van der Waals surface area contributed by atoms with Gasteiger partial charge in [0.25, 0.3) is 0 Å². The van der Waals surface area contributed by atoms with E-state index in [2.05, 4.69) is 17.1 Å². The lowest BCUT2D eigenvalue weighted by molar-refractivity contribution is -0.0455. The second-order valence-corrected chi connectivity index (χ2v) is 8.13. The van der Waals surface area contributed by atoms with Crippen molar-refractivity contribution in [3.63, 3.8) is 0 Å². The molecule has 1 saturated carbocycles. The largest absolute Gasteiger partial charge is 0.373 e. The first kappa shape index (κ1) is 19.2. The summed E-state index contributed by atoms with van der Waals surface area (Å²) in [5.41, 5.74) is 2.49. The average Bonchev–Trinajstić information content (AvgIpc) is 2.75. The van der Waals surface area contributed by atoms with Crippen LogP contribution in [0, 0.1) is 5.82 Å². The molecular weight excluding hydrogens is 399 g/mol. The van der Waals surface area contributed by atoms with Gasteiger partial charge in [-0.3, -0.25) is 0 Å². The summed E-state index contributed by atoms with van der Waals surface area (Å²) < 4.78 is 19.7. The zero-order chi connectivity index (χ0) is 20.6. The van der Waals surface area contributed by atoms with Crippen LogP contribution in [0.4, 0.5) is 4.39 Å². The summed E-state index contributed by atoms with van der Waals surface area (Å²) in [6.07, 6.45) is 1.52. The van der Waals surface area contributed by atoms with Gasteiger partial charge in [-0.15, -0.1) is 0 Å². The Labute approximate surface area is 179 Å². The highest BCUT2D eigenvalue weighted by molar-refractivity contribution is 6.34. The number of hydrogen-bond acceptors (Lipinski definition) is 3. The summed E-state index contributed by atoms with van der Waals surface area (Å²) in [5.74, 6) is 0.403. The molecule has 0 amide bonds. The van der Waals surface area contributed by atoms with Crippen molar-refractivity contribution in [2.24, 2.45) is 0 Å². The molecule has 150 valence electrons. The van der Waals surface area contributed by atoms with Crippen molar-refractivity contribution in [1.29, 1.82) is 0 Å². The Kier molecular flexibility index (Phi) is 4.97. The van der Waals surface area contributed by atoms with E-state index >= 15 is 0 Å². The molecule has 1 fully saturated rings. The molecule has 30 heavy (non-hydrogen) atoms. The minimum absolute atomic E-state index is 0.0732. The highest BCUT2D eigenvalue weighted by atomic mass is 35.5. The molecule has 1 aliphatic carbocycles. The predicted molar refractivity (Wildman–Crippen MR) is 116 cm³/mol. The number of fused-ring (bicyclic) bond motifs is 1. The maximum atomic E-state index is 13.6. The summed E-state index contributed by atoms with van der Waals surface area (Å²) in [6, 6.07) is 24.4. The Balaban J connectivity index is 1.47. The van der Waals surface area contributed by atoms with Crippen LogP contribution in [0.15, 0.2) is 78.9 Å². The number of aromatic nitrogens is 2. The molecule has 0 spiro atoms. The van der Waals surface area contributed by atoms with Crippen molar-refractivity contribution in [1.82, 2.24) is 9.97 Å². The number of benzene rings is 3. The van der Waals surface area contributed by atoms with E-state index in [4.69, 9.17) is 21.3 Å². The van der Waals surface area contributed by atoms with Gasteiger partial charge in [0.15, 0.2) is 0 Å². The van der Waals surface area contributed by atoms with Gasteiger partial charge in [-0.2, -0.15) is 0 Å². The molecule has 0 aliphatic heterocycles. The smallest absolute Gasteiger partial charge is 0.141 e. The van der Waals surface area contributed by atoms with E-state index in [1.165, 1.54) is 12.1 Å². The zero-order valence-electron chi connectivity index (χ0n) is 16.3. The van der Waals surface area contributed by atoms with E-state index in [0.29, 0.717) is 17.6 Å². The molecule has 5 rings (SSSR count). The lowest BCUT2D eigenvalue weighted by Gasteiger charge is -2.46. The summed E-state index contributed by atoms with van der Waals surface area (Å²) >= 11 is 6.50. The summed E-state index contributed by atoms with van der Waals surface area (Å²) in [5, 5.41) is 1.26. The van der Waals surface area contributed by atoms with Gasteiger partial charge in [-0.05, 0) is 48.2 Å². The van der Waals surface area contributed by atoms with Crippen LogP contribution in [0.3, 0.4) is 0 Å². The van der Waals surface area contributed by atoms with E-state index in [-0.39, 0.29) is 11.9 Å². The quantitative estimate of drug-likeness (QED) is 0.368. The van der Waals surface area contributed by atoms with E-state index < -0.39 is 5.41 Å². The van der Waals surface area contributed by atoms with Crippen molar-refractivity contribution >= 4 is 22.5 Å². The van der Waals surface area contributed by atoms with Crippen molar-refractivity contribution in [3.8, 4) is 0 Å². The second-order valence-electron chi connectivity index (χ2n) is 7.77. The highest BCUT2D eigenvalue weighted by Gasteiger charge is 2.50. The molecule has 4 aromatic rings. The van der Waals surface area contributed by atoms with Gasteiger partial charge in [0.2, 0.25) is 0 Å². The Morgan fingerprint density at radius 1 is 0.900 bits per heavy atom. The van der Waals surface area contributed by atoms with Crippen molar-refractivity contribution < 1.29 is 9.13 Å². The monoisotopic (exact) mass is 418 g/mol. The lowest BCUT2D eigenvalue weighted by atomic mass is 9.62. The topological polar surface area (TPSA) is 35.0 Å². The van der Waals surface area contributed by atoms with Gasteiger partial charge in [0.05, 0.1) is 23.6 Å². The molecule has 0 N–H and O–H groups in total. The molecule has 0 saturated heterocycles. The molecule has 3 nitrogen and oxygen atoms in total. The minimum Gasteiger partial charge on any atom is -0.373 e. The van der Waals surface area contributed by atoms with Gasteiger partial charge in [0, 0.05) is 5.39 Å². The van der Waals surface area contributed by atoms with Gasteiger partial charge in [0.1, 0.15) is 16.8 Å². The summed E-state index contributed by atoms with van der Waals surface area (Å²) in [6.45, 7) is 0.560. The molecule has 1 aliphatic rings. The van der Waals surface area contributed by atoms with E-state index in [1.54, 1.807) is 0 Å². The van der Waals surface area contributed by atoms with Crippen LogP contribution in [0.5, 0.6) is 0 Å². The van der Waals surface area contributed by atoms with Gasteiger partial charge in [-0.25, -0.2) is 14.4 Å². The lowest BCUT2D eigenvalue weighted by Crippen LogP contribution is -2.48. The first-order chi connectivity index (χ1) is 14.6. The van der Waals surface area contributed by atoms with Crippen molar-refractivity contribution in [2.45, 2.75) is 31.0 Å². The van der Waals surface area contributed by atoms with Crippen LogP contribution in [0.25, 0.3) is 10.9 Å². The van der Waals surface area contributed by atoms with Crippen LogP contribution < -0.4 is 0 Å². The van der Waals surface area contributed by atoms with Crippen molar-refractivity contribution in [3.05, 3.63) is 107 Å². The predicted octanol–water partition coefficient (Wildman–Crippen LogP) is 6.09. The van der Waals surface area contributed by atoms with Gasteiger partial charge >= 0.3 is 0 Å². The van der Waals surface area contributed by atoms with Crippen LogP contribution in [0.2, 0.25) is 5.15 Å². The third-order valence-corrected chi connectivity index (χ3v) is 6.15. The fourth-order valence-electron chi connectivity index (χ4n) is 4.19. The normalized spacial score (nSPS) is 20.8. The number of para-hydroxylation sites is 1. The Bertz CT molecular complexity index is 1170. The molecule has 1 aromatic heterocycles. The van der Waals surface area contributed by atoms with Gasteiger partial charge < -0.3 is 4.74 Å². The van der Waals surface area contributed by atoms with Crippen molar-refractivity contribution in [2.75, 3.05) is 0 Å². The zero-order valence-corrected chi connectivity index (χ0v) is 17.0. The Hall–Kier alpha value is -2.82. The first-order valence-corrected chi connectivity index (χ1v) is 10.4. The molecule has 1 heterocycles. The average molecular weight is 419 g/mol. The molecule has 0 radical (unpaired) electrons. The van der Waals surface area contributed by atoms with E-state index in [0.717, 1.165) is 34.9 Å². The first-order valence-electron chi connectivity index (χ1n) is 9.98. The summed E-state index contributed by atoms with van der Waals surface area (Å²) in [4.78, 5) is 9.49. The number of nitrogens with zero attached hydrogens (tertiary/aromatic N) is 2. The fraction of sp³-hybridized carbons (Fsp3) is 0.200. The Morgan fingerprint density at radius 3 is 2.37 bits per heavy atom. The fourth-order valence-corrected chi connectivity index (χ4v) is 4.43. The van der Waals surface area contributed by atoms with Crippen LogP contribution in [-0.4, -0.2) is 16.1 Å². The second kappa shape index (κ2) is 7.78. The molecule has 5 heteroatoms. The Morgan fingerprint density at radius 2 is 1.60 bits per heavy atom. The van der Waals surface area contributed by atoms with Crippen LogP contribution in [-0.2, 0) is 16.8 Å². The number of ether oxygens (including phenoxy) is 1. The van der Waals surface area contributed by atoms with E-state index in [9.17, 15) is 4.39 Å². The maximum absolute atomic E-state index is 13.6. The highest BCUT2D eigenvalue weighted by Crippen LogP contribution is 2.49. The molecule has 3 aromatic carbocycles. The summed E-state index contributed by atoms with van der Waals surface area (Å²) in [7, 11) is 0. The molecule has 0 unspecified atom stereocenters. The SMILES string of the molecule is Fc1ccc(C2(c3nc(Cl)c4ccccc4n3)CC(OCc3ccccc3)C2)cc1. The van der Waals surface area contributed by atoms with Crippen LogP contribution >= 0.6 is 11.6 Å².